The monoisotopic (exact) mass is 812 g/mol. The first-order chi connectivity index (χ1) is 27.2. The molecule has 56 heavy (non-hydrogen) atoms. The van der Waals surface area contributed by atoms with Crippen LogP contribution in [0, 0.1) is 5.92 Å². The first kappa shape index (κ1) is 51.0. The Bertz CT molecular complexity index is 1080. The fourth-order valence-electron chi connectivity index (χ4n) is 8.21. The van der Waals surface area contributed by atoms with Crippen LogP contribution in [0.15, 0.2) is 0 Å². The van der Waals surface area contributed by atoms with E-state index in [2.05, 4.69) is 20.8 Å². The number of hydrogen-bond acceptors (Lipinski definition) is 8. The minimum absolute atomic E-state index is 0.0571. The Morgan fingerprint density at radius 2 is 0.839 bits per heavy atom. The van der Waals surface area contributed by atoms with Crippen LogP contribution in [0.1, 0.15) is 258 Å². The van der Waals surface area contributed by atoms with Gasteiger partial charge < -0.3 is 5.11 Å². The smallest absolute Gasteiger partial charge is 0.339 e. The second kappa shape index (κ2) is 31.8. The standard InChI is InChI=1S/C46H86NO8P/c1-4-7-10-13-16-19-21-23-25-28-31-34-37-40-43(49)47(45-46(51)54-56(52,53-45)55-46)44(50)41(42(48)39-36-33-30-26-18-15-12-9-6-3)38-35-32-29-27-24-22-20-17-14-11-8-5-2/h41,45,51H,4-40H2,1-3H3. The molecule has 2 atom stereocenters. The summed E-state index contributed by atoms with van der Waals surface area (Å²) >= 11 is 0. The van der Waals surface area contributed by atoms with E-state index in [0.29, 0.717) is 25.7 Å². The molecule has 0 saturated carbocycles. The van der Waals surface area contributed by atoms with E-state index in [0.717, 1.165) is 62.7 Å². The van der Waals surface area contributed by atoms with Crippen LogP contribution in [-0.2, 0) is 32.5 Å². The molecule has 0 radical (unpaired) electrons. The lowest BCUT2D eigenvalue weighted by molar-refractivity contribution is -0.337. The maximum Gasteiger partial charge on any atom is 0.486 e. The summed E-state index contributed by atoms with van der Waals surface area (Å²) in [5.74, 6) is -4.93. The lowest BCUT2D eigenvalue weighted by atomic mass is 9.91. The Kier molecular flexibility index (Phi) is 28.9. The lowest BCUT2D eigenvalue weighted by Gasteiger charge is -2.34. The summed E-state index contributed by atoms with van der Waals surface area (Å²) in [5.41, 5.74) is 0. The van der Waals surface area contributed by atoms with Crippen molar-refractivity contribution in [2.24, 2.45) is 5.92 Å². The molecule has 3 rings (SSSR count). The van der Waals surface area contributed by atoms with E-state index in [1.165, 1.54) is 141 Å². The van der Waals surface area contributed by atoms with Crippen LogP contribution in [0.3, 0.4) is 0 Å². The maximum absolute atomic E-state index is 14.3. The van der Waals surface area contributed by atoms with Crippen molar-refractivity contribution in [1.29, 1.82) is 0 Å². The van der Waals surface area contributed by atoms with E-state index < -0.39 is 37.8 Å². The minimum Gasteiger partial charge on any atom is -0.339 e. The molecule has 3 saturated heterocycles. The van der Waals surface area contributed by atoms with Crippen LogP contribution < -0.4 is 0 Å². The summed E-state index contributed by atoms with van der Waals surface area (Å²) < 4.78 is 28.0. The van der Waals surface area contributed by atoms with Crippen molar-refractivity contribution in [3.63, 3.8) is 0 Å². The Morgan fingerprint density at radius 3 is 1.18 bits per heavy atom. The molecule has 10 heteroatoms. The quantitative estimate of drug-likeness (QED) is 0.0369. The molecule has 0 aromatic rings. The molecule has 328 valence electrons. The second-order valence-electron chi connectivity index (χ2n) is 17.1. The van der Waals surface area contributed by atoms with Gasteiger partial charge >= 0.3 is 13.8 Å². The van der Waals surface area contributed by atoms with E-state index in [-0.39, 0.29) is 18.6 Å². The number of fused-ring (bicyclic) bond motifs is 1. The van der Waals surface area contributed by atoms with Crippen LogP contribution in [0.25, 0.3) is 0 Å². The first-order valence-electron chi connectivity index (χ1n) is 24.0. The topological polar surface area (TPSA) is 119 Å². The molecule has 0 aromatic heterocycles. The number of hydrogen-bond donors (Lipinski definition) is 1. The van der Waals surface area contributed by atoms with Gasteiger partial charge in [-0.05, 0) is 19.3 Å². The SMILES string of the molecule is CCCCCCCCCCCCCCCC(=O)N(C(=O)C(CCCCCCCCCCCCCC)C(=O)CCCCCCCCCCC)C1OP2(=O)OC1(O)O2. The third-order valence-electron chi connectivity index (χ3n) is 11.8. The molecule has 3 aliphatic rings. The van der Waals surface area contributed by atoms with Gasteiger partial charge in [0.2, 0.25) is 18.0 Å². The van der Waals surface area contributed by atoms with Crippen molar-refractivity contribution in [1.82, 2.24) is 4.90 Å². The van der Waals surface area contributed by atoms with Gasteiger partial charge in [-0.3, -0.25) is 18.9 Å². The molecule has 3 heterocycles. The molecular weight excluding hydrogens is 725 g/mol. The number of ketones is 1. The van der Waals surface area contributed by atoms with Crippen LogP contribution in [-0.4, -0.2) is 39.8 Å². The zero-order chi connectivity index (χ0) is 40.7. The number of unbranched alkanes of at least 4 members (excludes halogenated alkanes) is 31. The first-order valence-corrected chi connectivity index (χ1v) is 25.5. The Balaban J connectivity index is 1.92. The third-order valence-corrected chi connectivity index (χ3v) is 13.2. The predicted molar refractivity (Wildman–Crippen MR) is 228 cm³/mol. The average molecular weight is 812 g/mol. The van der Waals surface area contributed by atoms with Gasteiger partial charge in [-0.25, -0.2) is 18.5 Å². The number of nitrogens with zero attached hydrogens (tertiary/aromatic N) is 1. The normalized spacial score (nSPS) is 20.6. The highest BCUT2D eigenvalue weighted by Gasteiger charge is 2.74. The van der Waals surface area contributed by atoms with E-state index in [4.69, 9.17) is 13.6 Å². The fraction of sp³-hybridized carbons (Fsp3) is 0.935. The molecule has 0 aromatic carbocycles. The van der Waals surface area contributed by atoms with Crippen molar-refractivity contribution < 1.29 is 37.6 Å². The number of phosphoric acid groups is 1. The molecule has 0 aliphatic carbocycles. The van der Waals surface area contributed by atoms with Gasteiger partial charge in [0.05, 0.1) is 5.92 Å². The van der Waals surface area contributed by atoms with Gasteiger partial charge in [-0.15, -0.1) is 0 Å². The van der Waals surface area contributed by atoms with E-state index >= 15 is 0 Å². The van der Waals surface area contributed by atoms with Crippen molar-refractivity contribution in [2.45, 2.75) is 271 Å². The van der Waals surface area contributed by atoms with Gasteiger partial charge in [0.15, 0.2) is 0 Å². The second-order valence-corrected chi connectivity index (χ2v) is 18.6. The number of rotatable bonds is 40. The molecule has 2 unspecified atom stereocenters. The largest absolute Gasteiger partial charge is 0.486 e. The van der Waals surface area contributed by atoms with Gasteiger partial charge in [0.25, 0.3) is 0 Å². The number of Topliss-reactive ketones (excluding diaryl/α,β-unsaturated/α-hetero) is 1. The summed E-state index contributed by atoms with van der Waals surface area (Å²) in [7, 11) is -4.04. The van der Waals surface area contributed by atoms with Gasteiger partial charge in [-0.2, -0.15) is 0 Å². The summed E-state index contributed by atoms with van der Waals surface area (Å²) in [6.45, 7) is 6.71. The number of phosphoric ester groups is 1. The van der Waals surface area contributed by atoms with Gasteiger partial charge in [0, 0.05) is 12.8 Å². The zero-order valence-electron chi connectivity index (χ0n) is 36.5. The number of carbonyl (C=O) groups excluding carboxylic acids is 3. The van der Waals surface area contributed by atoms with Crippen LogP contribution in [0.2, 0.25) is 0 Å². The van der Waals surface area contributed by atoms with Crippen LogP contribution >= 0.6 is 7.82 Å². The average Bonchev–Trinajstić information content (AvgIpc) is 3.58. The number of imide groups is 1. The van der Waals surface area contributed by atoms with Crippen molar-refractivity contribution in [3.8, 4) is 0 Å². The number of aliphatic hydroxyl groups is 1. The third kappa shape index (κ3) is 21.2. The van der Waals surface area contributed by atoms with Crippen molar-refractivity contribution >= 4 is 25.4 Å². The maximum atomic E-state index is 14.3. The summed E-state index contributed by atoms with van der Waals surface area (Å²) in [6.07, 6.45) is 38.3. The van der Waals surface area contributed by atoms with Crippen molar-refractivity contribution in [2.75, 3.05) is 0 Å². The van der Waals surface area contributed by atoms with E-state index in [1.54, 1.807) is 0 Å². The van der Waals surface area contributed by atoms with E-state index in [9.17, 15) is 24.1 Å². The van der Waals surface area contributed by atoms with E-state index in [1.807, 2.05) is 0 Å². The number of carbonyl (C=O) groups is 3. The van der Waals surface area contributed by atoms with Crippen LogP contribution in [0.4, 0.5) is 0 Å². The highest BCUT2D eigenvalue weighted by molar-refractivity contribution is 7.50. The lowest BCUT2D eigenvalue weighted by Crippen LogP contribution is -2.58. The highest BCUT2D eigenvalue weighted by atomic mass is 31.2. The Morgan fingerprint density at radius 1 is 0.518 bits per heavy atom. The molecular formula is C46H86NO8P. The zero-order valence-corrected chi connectivity index (χ0v) is 37.4. The van der Waals surface area contributed by atoms with Gasteiger partial charge in [0.1, 0.15) is 5.78 Å². The molecule has 2 bridgehead atoms. The molecule has 3 fully saturated rings. The minimum atomic E-state index is -4.04. The van der Waals surface area contributed by atoms with Crippen molar-refractivity contribution in [3.05, 3.63) is 0 Å². The summed E-state index contributed by atoms with van der Waals surface area (Å²) in [4.78, 5) is 42.8. The Hall–Kier alpha value is -1.12. The Labute approximate surface area is 343 Å². The highest BCUT2D eigenvalue weighted by Crippen LogP contribution is 2.73. The predicted octanol–water partition coefficient (Wildman–Crippen LogP) is 14.2. The molecule has 0 spiro atoms. The number of amides is 2. The fourth-order valence-corrected chi connectivity index (χ4v) is 9.60. The van der Waals surface area contributed by atoms with Crippen LogP contribution in [0.5, 0.6) is 0 Å². The molecule has 1 N–H and O–H groups in total. The summed E-state index contributed by atoms with van der Waals surface area (Å²) in [6, 6.07) is 0. The van der Waals surface area contributed by atoms with Gasteiger partial charge in [-0.1, -0.05) is 226 Å². The molecule has 3 aliphatic heterocycles. The summed E-state index contributed by atoms with van der Waals surface area (Å²) in [5, 5.41) is 10.9. The molecule has 9 nitrogen and oxygen atoms in total. The molecule has 2 amide bonds.